The fraction of sp³-hybridized carbons (Fsp3) is 0.200. The molecule has 0 aliphatic rings. The van der Waals surface area contributed by atoms with Crippen molar-refractivity contribution in [2.45, 2.75) is 19.9 Å². The Hall–Kier alpha value is -1.59. The SMILES string of the molecule is CCc1cc(Br)ccc1NCc1ccc([N+](=O)[O-])cc1Cl. The van der Waals surface area contributed by atoms with E-state index in [2.05, 4.69) is 34.2 Å². The average Bonchev–Trinajstić information content (AvgIpc) is 2.46. The molecule has 1 N–H and O–H groups in total. The highest BCUT2D eigenvalue weighted by Gasteiger charge is 2.09. The number of nitrogens with one attached hydrogen (secondary N) is 1. The second kappa shape index (κ2) is 6.91. The summed E-state index contributed by atoms with van der Waals surface area (Å²) in [5.41, 5.74) is 3.06. The van der Waals surface area contributed by atoms with Gasteiger partial charge in [-0.15, -0.1) is 0 Å². The van der Waals surface area contributed by atoms with E-state index < -0.39 is 4.92 Å². The van der Waals surface area contributed by atoms with Gasteiger partial charge in [-0.2, -0.15) is 0 Å². The van der Waals surface area contributed by atoms with E-state index in [4.69, 9.17) is 11.6 Å². The van der Waals surface area contributed by atoms with Gasteiger partial charge in [0.25, 0.3) is 5.69 Å². The van der Waals surface area contributed by atoms with Crippen molar-refractivity contribution in [3.63, 3.8) is 0 Å². The number of benzene rings is 2. The molecular formula is C15H14BrClN2O2. The molecule has 2 rings (SSSR count). The van der Waals surface area contributed by atoms with E-state index in [1.54, 1.807) is 6.07 Å². The number of anilines is 1. The maximum Gasteiger partial charge on any atom is 0.270 e. The molecule has 0 saturated heterocycles. The Morgan fingerprint density at radius 1 is 1.24 bits per heavy atom. The molecule has 0 atom stereocenters. The van der Waals surface area contributed by atoms with Gasteiger partial charge in [-0.25, -0.2) is 0 Å². The molecule has 21 heavy (non-hydrogen) atoms. The summed E-state index contributed by atoms with van der Waals surface area (Å²) in [6.07, 6.45) is 0.912. The number of rotatable bonds is 5. The first-order chi connectivity index (χ1) is 10.0. The summed E-state index contributed by atoms with van der Waals surface area (Å²) in [4.78, 5) is 10.2. The molecule has 4 nitrogen and oxygen atoms in total. The fourth-order valence-corrected chi connectivity index (χ4v) is 2.66. The van der Waals surface area contributed by atoms with Crippen molar-refractivity contribution in [1.29, 1.82) is 0 Å². The van der Waals surface area contributed by atoms with Crippen molar-refractivity contribution >= 4 is 38.9 Å². The fourth-order valence-electron chi connectivity index (χ4n) is 2.01. The summed E-state index contributed by atoms with van der Waals surface area (Å²) in [7, 11) is 0. The van der Waals surface area contributed by atoms with E-state index in [-0.39, 0.29) is 5.69 Å². The normalized spacial score (nSPS) is 10.4. The number of nitro groups is 1. The second-order valence-corrected chi connectivity index (χ2v) is 5.86. The Morgan fingerprint density at radius 2 is 2.00 bits per heavy atom. The van der Waals surface area contributed by atoms with Crippen molar-refractivity contribution in [1.82, 2.24) is 0 Å². The van der Waals surface area contributed by atoms with Crippen molar-refractivity contribution in [3.05, 3.63) is 67.1 Å². The highest BCUT2D eigenvalue weighted by Crippen LogP contribution is 2.25. The van der Waals surface area contributed by atoms with Crippen molar-refractivity contribution in [3.8, 4) is 0 Å². The van der Waals surface area contributed by atoms with Gasteiger partial charge in [-0.05, 0) is 41.8 Å². The summed E-state index contributed by atoms with van der Waals surface area (Å²) in [5.74, 6) is 0. The van der Waals surface area contributed by atoms with Gasteiger partial charge < -0.3 is 5.32 Å². The molecule has 0 spiro atoms. The van der Waals surface area contributed by atoms with Gasteiger partial charge in [-0.3, -0.25) is 10.1 Å². The summed E-state index contributed by atoms with van der Waals surface area (Å²) in [5, 5.41) is 14.4. The molecule has 2 aromatic carbocycles. The van der Waals surface area contributed by atoms with Crippen molar-refractivity contribution in [2.24, 2.45) is 0 Å². The van der Waals surface area contributed by atoms with Crippen LogP contribution in [-0.4, -0.2) is 4.92 Å². The molecule has 0 aliphatic carbocycles. The number of nitro benzene ring substituents is 1. The van der Waals surface area contributed by atoms with Crippen LogP contribution in [0.3, 0.4) is 0 Å². The van der Waals surface area contributed by atoms with Crippen LogP contribution in [0, 0.1) is 10.1 Å². The smallest absolute Gasteiger partial charge is 0.270 e. The standard InChI is InChI=1S/C15H14BrClN2O2/c1-2-10-7-12(16)4-6-15(10)18-9-11-3-5-13(19(20)21)8-14(11)17/h3-8,18H,2,9H2,1H3. The zero-order valence-corrected chi connectivity index (χ0v) is 13.7. The van der Waals surface area contributed by atoms with Gasteiger partial charge in [0.05, 0.1) is 9.95 Å². The molecule has 2 aromatic rings. The minimum atomic E-state index is -0.451. The molecule has 110 valence electrons. The predicted octanol–water partition coefficient (Wildman–Crippen LogP) is 5.19. The summed E-state index contributed by atoms with van der Waals surface area (Å²) in [6, 6.07) is 10.6. The van der Waals surface area contributed by atoms with Crippen molar-refractivity contribution < 1.29 is 4.92 Å². The van der Waals surface area contributed by atoms with Crippen LogP contribution in [-0.2, 0) is 13.0 Å². The highest BCUT2D eigenvalue weighted by molar-refractivity contribution is 9.10. The Labute approximate surface area is 136 Å². The number of aryl methyl sites for hydroxylation is 1. The van der Waals surface area contributed by atoms with E-state index in [0.717, 1.165) is 22.1 Å². The van der Waals surface area contributed by atoms with Crippen LogP contribution in [0.1, 0.15) is 18.1 Å². The topological polar surface area (TPSA) is 55.2 Å². The van der Waals surface area contributed by atoms with Crippen molar-refractivity contribution in [2.75, 3.05) is 5.32 Å². The van der Waals surface area contributed by atoms with Gasteiger partial charge >= 0.3 is 0 Å². The Balaban J connectivity index is 2.15. The van der Waals surface area contributed by atoms with Crippen LogP contribution in [0.5, 0.6) is 0 Å². The van der Waals surface area contributed by atoms with Gasteiger partial charge in [0.15, 0.2) is 0 Å². The third-order valence-corrected chi connectivity index (χ3v) is 4.01. The molecular weight excluding hydrogens is 356 g/mol. The molecule has 0 heterocycles. The number of halogens is 2. The Kier molecular flexibility index (Phi) is 5.20. The lowest BCUT2D eigenvalue weighted by atomic mass is 10.1. The minimum absolute atomic E-state index is 0.00152. The van der Waals surface area contributed by atoms with Crippen LogP contribution in [0.2, 0.25) is 5.02 Å². The maximum absolute atomic E-state index is 10.7. The first-order valence-electron chi connectivity index (χ1n) is 6.46. The number of non-ortho nitro benzene ring substituents is 1. The molecule has 0 fully saturated rings. The zero-order valence-electron chi connectivity index (χ0n) is 11.4. The van der Waals surface area contributed by atoms with Gasteiger partial charge in [-0.1, -0.05) is 34.5 Å². The predicted molar refractivity (Wildman–Crippen MR) is 89.0 cm³/mol. The zero-order chi connectivity index (χ0) is 15.4. The molecule has 0 bridgehead atoms. The third-order valence-electron chi connectivity index (χ3n) is 3.16. The molecule has 0 amide bonds. The average molecular weight is 370 g/mol. The van der Waals surface area contributed by atoms with E-state index in [1.165, 1.54) is 17.7 Å². The minimum Gasteiger partial charge on any atom is -0.381 e. The first kappa shape index (κ1) is 15.8. The summed E-state index contributed by atoms with van der Waals surface area (Å²) >= 11 is 9.54. The monoisotopic (exact) mass is 368 g/mol. The second-order valence-electron chi connectivity index (χ2n) is 4.54. The summed E-state index contributed by atoms with van der Waals surface area (Å²) < 4.78 is 1.04. The molecule has 0 aromatic heterocycles. The number of hydrogen-bond acceptors (Lipinski definition) is 3. The molecule has 6 heteroatoms. The lowest BCUT2D eigenvalue weighted by Gasteiger charge is -2.12. The largest absolute Gasteiger partial charge is 0.381 e. The molecule has 0 radical (unpaired) electrons. The van der Waals surface area contributed by atoms with E-state index >= 15 is 0 Å². The van der Waals surface area contributed by atoms with E-state index in [0.29, 0.717) is 11.6 Å². The Morgan fingerprint density at radius 3 is 2.62 bits per heavy atom. The van der Waals surface area contributed by atoms with Crippen LogP contribution < -0.4 is 5.32 Å². The van der Waals surface area contributed by atoms with E-state index in [1.807, 2.05) is 12.1 Å². The maximum atomic E-state index is 10.7. The number of nitrogens with zero attached hydrogens (tertiary/aromatic N) is 1. The lowest BCUT2D eigenvalue weighted by Crippen LogP contribution is -2.03. The van der Waals surface area contributed by atoms with Gasteiger partial charge in [0.2, 0.25) is 0 Å². The molecule has 0 aliphatic heterocycles. The Bertz CT molecular complexity index is 677. The van der Waals surface area contributed by atoms with Crippen LogP contribution in [0.25, 0.3) is 0 Å². The quantitative estimate of drug-likeness (QED) is 0.583. The summed E-state index contributed by atoms with van der Waals surface area (Å²) in [6.45, 7) is 2.61. The lowest BCUT2D eigenvalue weighted by molar-refractivity contribution is -0.384. The highest BCUT2D eigenvalue weighted by atomic mass is 79.9. The first-order valence-corrected chi connectivity index (χ1v) is 7.63. The number of hydrogen-bond donors (Lipinski definition) is 1. The molecule has 0 unspecified atom stereocenters. The van der Waals surface area contributed by atoms with E-state index in [9.17, 15) is 10.1 Å². The van der Waals surface area contributed by atoms with Crippen LogP contribution in [0.4, 0.5) is 11.4 Å². The van der Waals surface area contributed by atoms with Crippen LogP contribution in [0.15, 0.2) is 40.9 Å². The molecule has 0 saturated carbocycles. The van der Waals surface area contributed by atoms with Gasteiger partial charge in [0.1, 0.15) is 0 Å². The van der Waals surface area contributed by atoms with Gasteiger partial charge in [0, 0.05) is 28.8 Å². The van der Waals surface area contributed by atoms with Crippen LogP contribution >= 0.6 is 27.5 Å². The third kappa shape index (κ3) is 3.95.